The third-order valence-electron chi connectivity index (χ3n) is 11.1. The molecule has 0 aliphatic rings. The summed E-state index contributed by atoms with van der Waals surface area (Å²) < 4.78 is 0. The van der Waals surface area contributed by atoms with Crippen LogP contribution in [-0.2, 0) is 0 Å². The van der Waals surface area contributed by atoms with Gasteiger partial charge in [0.05, 0.1) is 22.8 Å². The van der Waals surface area contributed by atoms with Gasteiger partial charge in [-0.1, -0.05) is 109 Å². The van der Waals surface area contributed by atoms with Gasteiger partial charge in [0.1, 0.15) is 0 Å². The van der Waals surface area contributed by atoms with E-state index in [1.54, 1.807) is 18.6 Å². The number of hydrogen-bond acceptors (Lipinski definition) is 7. The first-order chi connectivity index (χ1) is 30.7. The van der Waals surface area contributed by atoms with E-state index in [1.807, 2.05) is 91.1 Å². The van der Waals surface area contributed by atoms with Crippen molar-refractivity contribution in [1.82, 2.24) is 34.9 Å². The van der Waals surface area contributed by atoms with Gasteiger partial charge in [0.2, 0.25) is 0 Å². The predicted molar refractivity (Wildman–Crippen MR) is 250 cm³/mol. The van der Waals surface area contributed by atoms with Crippen LogP contribution in [0, 0.1) is 0 Å². The fourth-order valence-electron chi connectivity index (χ4n) is 8.07. The van der Waals surface area contributed by atoms with Gasteiger partial charge >= 0.3 is 0 Å². The smallest absolute Gasteiger partial charge is 0.164 e. The molecular formula is C55H35N7. The van der Waals surface area contributed by atoms with E-state index in [9.17, 15) is 0 Å². The molecule has 0 amide bonds. The normalized spacial score (nSPS) is 11.2. The highest BCUT2D eigenvalue weighted by molar-refractivity contribution is 6.14. The van der Waals surface area contributed by atoms with Crippen LogP contribution in [0.15, 0.2) is 213 Å². The molecule has 0 aliphatic heterocycles. The molecule has 0 saturated heterocycles. The van der Waals surface area contributed by atoms with Gasteiger partial charge in [0, 0.05) is 58.2 Å². The zero-order valence-electron chi connectivity index (χ0n) is 33.3. The second-order valence-corrected chi connectivity index (χ2v) is 15.0. The maximum Gasteiger partial charge on any atom is 0.164 e. The van der Waals surface area contributed by atoms with Crippen molar-refractivity contribution in [2.75, 3.05) is 0 Å². The molecule has 0 spiro atoms. The Morgan fingerprint density at radius 2 is 0.742 bits per heavy atom. The molecule has 0 bridgehead atoms. The van der Waals surface area contributed by atoms with E-state index in [2.05, 4.69) is 118 Å². The number of benzene rings is 6. The molecule has 0 N–H and O–H groups in total. The zero-order valence-corrected chi connectivity index (χ0v) is 33.3. The molecule has 0 atom stereocenters. The minimum Gasteiger partial charge on any atom is -0.256 e. The van der Waals surface area contributed by atoms with E-state index in [-0.39, 0.29) is 0 Å². The largest absolute Gasteiger partial charge is 0.256 e. The molecule has 0 radical (unpaired) electrons. The average Bonchev–Trinajstić information content (AvgIpc) is 3.37. The number of pyridine rings is 4. The van der Waals surface area contributed by atoms with Crippen LogP contribution in [0.3, 0.4) is 0 Å². The van der Waals surface area contributed by atoms with E-state index in [0.717, 1.165) is 78.2 Å². The first kappa shape index (κ1) is 36.5. The lowest BCUT2D eigenvalue weighted by molar-refractivity contribution is 1.07. The summed E-state index contributed by atoms with van der Waals surface area (Å²) >= 11 is 0. The SMILES string of the molecule is c1ccc(-c2cccc(-c3nc(-c4cccc(-c5ccccn5)c4)nc(-c4cc(-c5ccc(-c6ccccn6)nc5)cc(-c5cc6ccccc6c6ccccc56)c4)n3)c2)nc1. The summed E-state index contributed by atoms with van der Waals surface area (Å²) in [6.07, 6.45) is 7.32. The van der Waals surface area contributed by atoms with E-state index in [0.29, 0.717) is 17.5 Å². The lowest BCUT2D eigenvalue weighted by Crippen LogP contribution is -2.01. The van der Waals surface area contributed by atoms with Crippen molar-refractivity contribution >= 4 is 21.5 Å². The first-order valence-electron chi connectivity index (χ1n) is 20.4. The van der Waals surface area contributed by atoms with E-state index in [1.165, 1.54) is 16.2 Å². The standard InChI is InChI=1S/C55H35N7/c1-2-18-45-36(13-1)34-48(47-20-4-3-19-46(45)47)43-31-42(41-24-25-52(59-35-41)51-23-7-10-28-58-51)32-44(33-43)55-61-53(39-16-11-14-37(29-39)49-21-5-8-26-56-49)60-54(62-55)40-17-12-15-38(30-40)50-22-6-9-27-57-50/h1-35H. The number of aromatic nitrogens is 7. The van der Waals surface area contributed by atoms with Gasteiger partial charge in [0.15, 0.2) is 17.5 Å². The Bertz CT molecular complexity index is 3290. The van der Waals surface area contributed by atoms with Crippen LogP contribution < -0.4 is 0 Å². The van der Waals surface area contributed by atoms with Crippen LogP contribution in [0.4, 0.5) is 0 Å². The molecule has 7 nitrogen and oxygen atoms in total. The van der Waals surface area contributed by atoms with Crippen LogP contribution in [0.25, 0.3) is 112 Å². The van der Waals surface area contributed by atoms with Gasteiger partial charge in [-0.3, -0.25) is 19.9 Å². The second kappa shape index (κ2) is 15.9. The van der Waals surface area contributed by atoms with Gasteiger partial charge in [-0.05, 0) is 117 Å². The molecule has 7 heteroatoms. The summed E-state index contributed by atoms with van der Waals surface area (Å²) in [7, 11) is 0. The third kappa shape index (κ3) is 7.14. The molecule has 0 saturated carbocycles. The molecule has 5 heterocycles. The highest BCUT2D eigenvalue weighted by Gasteiger charge is 2.18. The average molecular weight is 794 g/mol. The highest BCUT2D eigenvalue weighted by Crippen LogP contribution is 2.39. The van der Waals surface area contributed by atoms with Crippen LogP contribution in [0.2, 0.25) is 0 Å². The maximum absolute atomic E-state index is 5.27. The molecule has 0 aliphatic carbocycles. The maximum atomic E-state index is 5.27. The van der Waals surface area contributed by atoms with Crippen molar-refractivity contribution in [3.63, 3.8) is 0 Å². The van der Waals surface area contributed by atoms with Crippen molar-refractivity contribution in [1.29, 1.82) is 0 Å². The number of rotatable bonds is 8. The Morgan fingerprint density at radius 1 is 0.258 bits per heavy atom. The quantitative estimate of drug-likeness (QED) is 0.141. The highest BCUT2D eigenvalue weighted by atomic mass is 15.0. The van der Waals surface area contributed by atoms with Crippen molar-refractivity contribution in [3.05, 3.63) is 213 Å². The van der Waals surface area contributed by atoms with Gasteiger partial charge in [0.25, 0.3) is 0 Å². The molecule has 6 aromatic carbocycles. The number of hydrogen-bond donors (Lipinski definition) is 0. The Kier molecular flexibility index (Phi) is 9.37. The lowest BCUT2D eigenvalue weighted by atomic mass is 9.90. The van der Waals surface area contributed by atoms with Gasteiger partial charge < -0.3 is 0 Å². The van der Waals surface area contributed by atoms with Crippen LogP contribution in [-0.4, -0.2) is 34.9 Å². The van der Waals surface area contributed by atoms with Gasteiger partial charge in [-0.2, -0.15) is 0 Å². The Morgan fingerprint density at radius 3 is 1.34 bits per heavy atom. The summed E-state index contributed by atoms with van der Waals surface area (Å²) in [6.45, 7) is 0. The summed E-state index contributed by atoms with van der Waals surface area (Å²) in [5, 5.41) is 4.73. The molecule has 62 heavy (non-hydrogen) atoms. The van der Waals surface area contributed by atoms with Gasteiger partial charge in [-0.25, -0.2) is 15.0 Å². The third-order valence-corrected chi connectivity index (χ3v) is 11.1. The molecule has 11 rings (SSSR count). The topological polar surface area (TPSA) is 90.2 Å². The molecule has 290 valence electrons. The van der Waals surface area contributed by atoms with E-state index >= 15 is 0 Å². The summed E-state index contributed by atoms with van der Waals surface area (Å²) in [6, 6.07) is 64.3. The zero-order chi connectivity index (χ0) is 41.2. The van der Waals surface area contributed by atoms with Crippen LogP contribution >= 0.6 is 0 Å². The summed E-state index contributed by atoms with van der Waals surface area (Å²) in [5.74, 6) is 1.65. The number of nitrogens with zero attached hydrogens (tertiary/aromatic N) is 7. The van der Waals surface area contributed by atoms with Gasteiger partial charge in [-0.15, -0.1) is 0 Å². The molecular weight excluding hydrogens is 759 g/mol. The van der Waals surface area contributed by atoms with E-state index < -0.39 is 0 Å². The first-order valence-corrected chi connectivity index (χ1v) is 20.4. The predicted octanol–water partition coefficient (Wildman–Crippen LogP) is 13.1. The van der Waals surface area contributed by atoms with Crippen molar-refractivity contribution in [2.24, 2.45) is 0 Å². The fourth-order valence-corrected chi connectivity index (χ4v) is 8.07. The van der Waals surface area contributed by atoms with Crippen molar-refractivity contribution < 1.29 is 0 Å². The second-order valence-electron chi connectivity index (χ2n) is 15.0. The Hall–Kier alpha value is -8.55. The lowest BCUT2D eigenvalue weighted by Gasteiger charge is -2.15. The Labute approximate surface area is 358 Å². The molecule has 11 aromatic rings. The van der Waals surface area contributed by atoms with E-state index in [4.69, 9.17) is 19.9 Å². The monoisotopic (exact) mass is 793 g/mol. The summed E-state index contributed by atoms with van der Waals surface area (Å²) in [4.78, 5) is 34.4. The number of fused-ring (bicyclic) bond motifs is 3. The van der Waals surface area contributed by atoms with Crippen molar-refractivity contribution in [3.8, 4) is 90.3 Å². The Balaban J connectivity index is 1.14. The molecule has 0 fully saturated rings. The molecule has 0 unspecified atom stereocenters. The minimum atomic E-state index is 0.544. The summed E-state index contributed by atoms with van der Waals surface area (Å²) in [5.41, 5.74) is 11.9. The minimum absolute atomic E-state index is 0.544. The fraction of sp³-hybridized carbons (Fsp3) is 0. The van der Waals surface area contributed by atoms with Crippen LogP contribution in [0.1, 0.15) is 0 Å². The van der Waals surface area contributed by atoms with Crippen LogP contribution in [0.5, 0.6) is 0 Å². The van der Waals surface area contributed by atoms with Crippen molar-refractivity contribution in [2.45, 2.75) is 0 Å². The molecule has 5 aromatic heterocycles.